The van der Waals surface area contributed by atoms with Gasteiger partial charge in [-0.3, -0.25) is 9.89 Å². The molecule has 0 saturated heterocycles. The number of nitrogens with two attached hydrogens (primary N) is 1. The SMILES string of the molecule is CN(C)CCN(C)C(=O)c1cn[nH]c1N. The molecule has 0 saturated carbocycles. The predicted octanol–water partition coefficient (Wildman–Crippen LogP) is -0.374. The maximum atomic E-state index is 11.8. The van der Waals surface area contributed by atoms with E-state index < -0.39 is 0 Å². The predicted molar refractivity (Wildman–Crippen MR) is 58.5 cm³/mol. The van der Waals surface area contributed by atoms with E-state index in [9.17, 15) is 4.79 Å². The first-order valence-corrected chi connectivity index (χ1v) is 4.71. The van der Waals surface area contributed by atoms with Crippen molar-refractivity contribution < 1.29 is 4.79 Å². The summed E-state index contributed by atoms with van der Waals surface area (Å²) in [5.74, 6) is 0.208. The lowest BCUT2D eigenvalue weighted by atomic mass is 10.3. The summed E-state index contributed by atoms with van der Waals surface area (Å²) < 4.78 is 0. The third-order valence-corrected chi connectivity index (χ3v) is 2.13. The van der Waals surface area contributed by atoms with Gasteiger partial charge in [0, 0.05) is 20.1 Å². The summed E-state index contributed by atoms with van der Waals surface area (Å²) in [6, 6.07) is 0. The second-order valence-corrected chi connectivity index (χ2v) is 3.73. The van der Waals surface area contributed by atoms with Gasteiger partial charge in [-0.25, -0.2) is 0 Å². The topological polar surface area (TPSA) is 78.2 Å². The van der Waals surface area contributed by atoms with Crippen LogP contribution in [0.4, 0.5) is 5.82 Å². The Hall–Kier alpha value is -1.56. The van der Waals surface area contributed by atoms with E-state index in [-0.39, 0.29) is 5.91 Å². The molecule has 0 radical (unpaired) electrons. The summed E-state index contributed by atoms with van der Waals surface area (Å²) in [4.78, 5) is 15.4. The van der Waals surface area contributed by atoms with Gasteiger partial charge < -0.3 is 15.5 Å². The maximum Gasteiger partial charge on any atom is 0.259 e. The number of nitrogens with one attached hydrogen (secondary N) is 1. The van der Waals surface area contributed by atoms with Crippen molar-refractivity contribution in [3.63, 3.8) is 0 Å². The van der Waals surface area contributed by atoms with Gasteiger partial charge in [0.15, 0.2) is 0 Å². The number of amides is 1. The minimum atomic E-state index is -0.108. The quantitative estimate of drug-likeness (QED) is 0.712. The molecule has 6 nitrogen and oxygen atoms in total. The lowest BCUT2D eigenvalue weighted by molar-refractivity contribution is 0.0787. The Morgan fingerprint density at radius 1 is 1.47 bits per heavy atom. The molecule has 0 aromatic carbocycles. The lowest BCUT2D eigenvalue weighted by Crippen LogP contribution is -2.33. The number of hydrogen-bond donors (Lipinski definition) is 2. The van der Waals surface area contributed by atoms with Crippen molar-refractivity contribution in [1.29, 1.82) is 0 Å². The highest BCUT2D eigenvalue weighted by Crippen LogP contribution is 2.08. The summed E-state index contributed by atoms with van der Waals surface area (Å²) in [6.07, 6.45) is 1.45. The van der Waals surface area contributed by atoms with Crippen molar-refractivity contribution in [2.45, 2.75) is 0 Å². The van der Waals surface area contributed by atoms with E-state index in [4.69, 9.17) is 5.73 Å². The second-order valence-electron chi connectivity index (χ2n) is 3.73. The van der Waals surface area contributed by atoms with Crippen molar-refractivity contribution >= 4 is 11.7 Å². The van der Waals surface area contributed by atoms with Crippen LogP contribution in [0, 0.1) is 0 Å². The fraction of sp³-hybridized carbons (Fsp3) is 0.556. The van der Waals surface area contributed by atoms with E-state index in [1.54, 1.807) is 11.9 Å². The molecule has 3 N–H and O–H groups in total. The van der Waals surface area contributed by atoms with Crippen molar-refractivity contribution in [3.8, 4) is 0 Å². The van der Waals surface area contributed by atoms with Crippen LogP contribution < -0.4 is 5.73 Å². The first-order chi connectivity index (χ1) is 7.02. The lowest BCUT2D eigenvalue weighted by Gasteiger charge is -2.19. The molecule has 0 fully saturated rings. The third-order valence-electron chi connectivity index (χ3n) is 2.13. The Kier molecular flexibility index (Phi) is 3.68. The molecule has 0 spiro atoms. The van der Waals surface area contributed by atoms with Crippen LogP contribution in [0.5, 0.6) is 0 Å². The number of rotatable bonds is 4. The summed E-state index contributed by atoms with van der Waals surface area (Å²) in [5.41, 5.74) is 5.99. The van der Waals surface area contributed by atoms with Crippen LogP contribution in [-0.2, 0) is 0 Å². The molecule has 0 atom stereocenters. The van der Waals surface area contributed by atoms with Gasteiger partial charge in [-0.2, -0.15) is 5.10 Å². The van der Waals surface area contributed by atoms with Gasteiger partial charge in [0.2, 0.25) is 0 Å². The highest BCUT2D eigenvalue weighted by atomic mass is 16.2. The average Bonchev–Trinajstić information content (AvgIpc) is 2.59. The van der Waals surface area contributed by atoms with Crippen LogP contribution in [-0.4, -0.2) is 60.1 Å². The van der Waals surface area contributed by atoms with E-state index in [1.165, 1.54) is 6.20 Å². The molecule has 6 heteroatoms. The molecule has 0 aliphatic carbocycles. The first-order valence-electron chi connectivity index (χ1n) is 4.71. The Morgan fingerprint density at radius 2 is 2.13 bits per heavy atom. The summed E-state index contributed by atoms with van der Waals surface area (Å²) in [6.45, 7) is 1.48. The molecule has 1 heterocycles. The number of anilines is 1. The number of nitrogen functional groups attached to an aromatic ring is 1. The molecule has 0 aliphatic heterocycles. The monoisotopic (exact) mass is 211 g/mol. The molecule has 1 rings (SSSR count). The summed E-state index contributed by atoms with van der Waals surface area (Å²) >= 11 is 0. The number of aromatic amines is 1. The zero-order valence-electron chi connectivity index (χ0n) is 9.32. The number of carbonyl (C=O) groups is 1. The second kappa shape index (κ2) is 4.79. The molecule has 0 bridgehead atoms. The van der Waals surface area contributed by atoms with Crippen molar-refractivity contribution in [2.75, 3.05) is 40.0 Å². The van der Waals surface area contributed by atoms with E-state index in [0.717, 1.165) is 6.54 Å². The van der Waals surface area contributed by atoms with Crippen LogP contribution in [0.3, 0.4) is 0 Å². The zero-order chi connectivity index (χ0) is 11.4. The minimum Gasteiger partial charge on any atom is -0.383 e. The van der Waals surface area contributed by atoms with Gasteiger partial charge in [-0.1, -0.05) is 0 Å². The van der Waals surface area contributed by atoms with Crippen LogP contribution >= 0.6 is 0 Å². The van der Waals surface area contributed by atoms with Crippen LogP contribution in [0.2, 0.25) is 0 Å². The minimum absolute atomic E-state index is 0.108. The smallest absolute Gasteiger partial charge is 0.259 e. The Morgan fingerprint density at radius 3 is 2.60 bits per heavy atom. The molecule has 15 heavy (non-hydrogen) atoms. The fourth-order valence-electron chi connectivity index (χ4n) is 1.12. The number of nitrogens with zero attached hydrogens (tertiary/aromatic N) is 3. The van der Waals surface area contributed by atoms with Crippen molar-refractivity contribution in [2.24, 2.45) is 0 Å². The van der Waals surface area contributed by atoms with Crippen molar-refractivity contribution in [3.05, 3.63) is 11.8 Å². The molecular weight excluding hydrogens is 194 g/mol. The number of H-pyrrole nitrogens is 1. The molecule has 1 aromatic rings. The summed E-state index contributed by atoms with van der Waals surface area (Å²) in [5, 5.41) is 6.25. The Bertz CT molecular complexity index is 333. The molecule has 1 amide bonds. The van der Waals surface area contributed by atoms with Crippen molar-refractivity contribution in [1.82, 2.24) is 20.0 Å². The largest absolute Gasteiger partial charge is 0.383 e. The van der Waals surface area contributed by atoms with E-state index in [2.05, 4.69) is 10.2 Å². The normalized spacial score (nSPS) is 10.7. The van der Waals surface area contributed by atoms with Gasteiger partial charge >= 0.3 is 0 Å². The fourth-order valence-corrected chi connectivity index (χ4v) is 1.12. The molecular formula is C9H17N5O. The first kappa shape index (κ1) is 11.5. The maximum absolute atomic E-state index is 11.8. The van der Waals surface area contributed by atoms with Gasteiger partial charge in [0.1, 0.15) is 11.4 Å². The highest BCUT2D eigenvalue weighted by Gasteiger charge is 2.15. The molecule has 84 valence electrons. The van der Waals surface area contributed by atoms with Gasteiger partial charge in [0.25, 0.3) is 5.91 Å². The molecule has 0 unspecified atom stereocenters. The van der Waals surface area contributed by atoms with Crippen LogP contribution in [0.25, 0.3) is 0 Å². The zero-order valence-corrected chi connectivity index (χ0v) is 9.32. The van der Waals surface area contributed by atoms with E-state index >= 15 is 0 Å². The number of likely N-dealkylation sites (N-methyl/N-ethyl adjacent to an activating group) is 2. The van der Waals surface area contributed by atoms with E-state index in [1.807, 2.05) is 19.0 Å². The molecule has 0 aliphatic rings. The van der Waals surface area contributed by atoms with E-state index in [0.29, 0.717) is 17.9 Å². The molecule has 1 aromatic heterocycles. The Balaban J connectivity index is 2.57. The van der Waals surface area contributed by atoms with Gasteiger partial charge in [-0.15, -0.1) is 0 Å². The van der Waals surface area contributed by atoms with Crippen LogP contribution in [0.15, 0.2) is 6.20 Å². The Labute approximate surface area is 89.0 Å². The number of carbonyl (C=O) groups excluding carboxylic acids is 1. The van der Waals surface area contributed by atoms with Gasteiger partial charge in [-0.05, 0) is 14.1 Å². The third kappa shape index (κ3) is 2.95. The standard InChI is InChI=1S/C9H17N5O/c1-13(2)4-5-14(3)9(15)7-6-11-12-8(7)10/h6H,4-5H2,1-3H3,(H3,10,11,12). The average molecular weight is 211 g/mol. The van der Waals surface area contributed by atoms with Crippen LogP contribution in [0.1, 0.15) is 10.4 Å². The highest BCUT2D eigenvalue weighted by molar-refractivity contribution is 5.97. The number of hydrogen-bond acceptors (Lipinski definition) is 4. The van der Waals surface area contributed by atoms with Gasteiger partial charge in [0.05, 0.1) is 6.20 Å². The summed E-state index contributed by atoms with van der Waals surface area (Å²) in [7, 11) is 5.67. The number of aromatic nitrogens is 2.